The monoisotopic (exact) mass is 429 g/mol. The summed E-state index contributed by atoms with van der Waals surface area (Å²) in [6.07, 6.45) is 1.91. The van der Waals surface area contributed by atoms with E-state index >= 15 is 0 Å². The molecule has 0 bridgehead atoms. The Morgan fingerprint density at radius 2 is 1.73 bits per heavy atom. The molecule has 2 aromatic rings. The lowest BCUT2D eigenvalue weighted by Gasteiger charge is -2.21. The third-order valence-electron chi connectivity index (χ3n) is 5.33. The smallest absolute Gasteiger partial charge is 0.347 e. The number of thiol groups is 1. The molecular weight excluding hydrogens is 398 g/mol. The first kappa shape index (κ1) is 22.4. The van der Waals surface area contributed by atoms with Gasteiger partial charge in [0.15, 0.2) is 10.7 Å². The van der Waals surface area contributed by atoms with Gasteiger partial charge in [-0.3, -0.25) is 9.69 Å². The lowest BCUT2D eigenvalue weighted by Crippen LogP contribution is -2.37. The van der Waals surface area contributed by atoms with Gasteiger partial charge >= 0.3 is 5.97 Å². The Bertz CT molecular complexity index is 877. The van der Waals surface area contributed by atoms with E-state index < -0.39 is 22.5 Å². The molecule has 2 aromatic carbocycles. The average Bonchev–Trinajstić information content (AvgIpc) is 3.04. The van der Waals surface area contributed by atoms with Gasteiger partial charge < -0.3 is 9.84 Å². The van der Waals surface area contributed by atoms with E-state index in [-0.39, 0.29) is 0 Å². The highest BCUT2D eigenvalue weighted by Crippen LogP contribution is 2.37. The molecule has 0 radical (unpaired) electrons. The second-order valence-electron chi connectivity index (χ2n) is 8.44. The second-order valence-corrected chi connectivity index (χ2v) is 10.6. The van der Waals surface area contributed by atoms with Crippen LogP contribution in [0.2, 0.25) is 0 Å². The van der Waals surface area contributed by atoms with Crippen molar-refractivity contribution in [3.8, 4) is 5.75 Å². The molecule has 1 aliphatic heterocycles. The molecule has 1 saturated heterocycles. The number of hydrogen-bond acceptors (Lipinski definition) is 4. The predicted octanol–water partition coefficient (Wildman–Crippen LogP) is 4.17. The van der Waals surface area contributed by atoms with Gasteiger partial charge in [0, 0.05) is 11.6 Å². The lowest BCUT2D eigenvalue weighted by atomic mass is 10.1. The molecule has 0 spiro atoms. The molecule has 162 valence electrons. The molecule has 0 amide bonds. The van der Waals surface area contributed by atoms with E-state index in [9.17, 15) is 9.59 Å². The topological polar surface area (TPSA) is 66.8 Å². The normalized spacial score (nSPS) is 18.5. The summed E-state index contributed by atoms with van der Waals surface area (Å²) in [6.45, 7) is 6.65. The Hall–Kier alpha value is -2.31. The summed E-state index contributed by atoms with van der Waals surface area (Å²) in [4.78, 5) is 25.9. The first-order chi connectivity index (χ1) is 14.2. The lowest BCUT2D eigenvalue weighted by molar-refractivity contribution is -0.152. The zero-order valence-electron chi connectivity index (χ0n) is 17.9. The minimum Gasteiger partial charge on any atom is -0.478 e. The number of rotatable bonds is 9. The second kappa shape index (κ2) is 9.67. The van der Waals surface area contributed by atoms with E-state index in [1.165, 1.54) is 30.5 Å². The van der Waals surface area contributed by atoms with Gasteiger partial charge in [0.2, 0.25) is 0 Å². The number of carbonyl (C=O) groups excluding carboxylic acids is 1. The maximum absolute atomic E-state index is 12.4. The van der Waals surface area contributed by atoms with E-state index in [4.69, 9.17) is 9.84 Å². The molecule has 1 N–H and O–H groups in total. The molecule has 6 heteroatoms. The van der Waals surface area contributed by atoms with Crippen LogP contribution < -0.4 is 4.74 Å². The number of aliphatic carboxylic acids is 1. The molecule has 1 fully saturated rings. The molecule has 0 saturated carbocycles. The molecule has 30 heavy (non-hydrogen) atoms. The van der Waals surface area contributed by atoms with E-state index in [0.717, 1.165) is 31.0 Å². The van der Waals surface area contributed by atoms with E-state index in [1.807, 2.05) is 24.3 Å². The molecule has 1 unspecified atom stereocenters. The van der Waals surface area contributed by atoms with Crippen LogP contribution >= 0.6 is 10.9 Å². The highest BCUT2D eigenvalue weighted by atomic mass is 32.2. The van der Waals surface area contributed by atoms with Gasteiger partial charge in [0.1, 0.15) is 5.75 Å². The molecule has 1 heterocycles. The molecular formula is C24H31NO4S. The molecule has 5 nitrogen and oxygen atoms in total. The highest BCUT2D eigenvalue weighted by molar-refractivity contribution is 8.29. The fraction of sp³-hybridized carbons (Fsp3) is 0.417. The van der Waals surface area contributed by atoms with Crippen LogP contribution in [0.1, 0.15) is 37.0 Å². The average molecular weight is 430 g/mol. The summed E-state index contributed by atoms with van der Waals surface area (Å²) >= 11 is 0. The van der Waals surface area contributed by atoms with E-state index in [2.05, 4.69) is 36.1 Å². The zero-order valence-corrected chi connectivity index (χ0v) is 18.8. The summed E-state index contributed by atoms with van der Waals surface area (Å²) in [5, 5.41) is 9.57. The molecule has 0 aliphatic carbocycles. The number of aryl methyl sites for hydroxylation is 2. The maximum atomic E-state index is 12.4. The number of ether oxygens (including phenoxy) is 1. The van der Waals surface area contributed by atoms with Gasteiger partial charge in [0.25, 0.3) is 0 Å². The van der Waals surface area contributed by atoms with E-state index in [0.29, 0.717) is 17.4 Å². The minimum atomic E-state index is -1.25. The Kier molecular flexibility index (Phi) is 7.21. The van der Waals surface area contributed by atoms with Gasteiger partial charge in [-0.1, -0.05) is 42.0 Å². The van der Waals surface area contributed by atoms with Crippen LogP contribution in [0.3, 0.4) is 0 Å². The fourth-order valence-corrected chi connectivity index (χ4v) is 5.64. The van der Waals surface area contributed by atoms with Crippen molar-refractivity contribution in [3.63, 3.8) is 0 Å². The van der Waals surface area contributed by atoms with Gasteiger partial charge in [-0.2, -0.15) is 10.9 Å². The maximum Gasteiger partial charge on any atom is 0.347 e. The number of hydrogen-bond donors (Lipinski definition) is 2. The summed E-state index contributed by atoms with van der Waals surface area (Å²) < 4.78 is 5.54. The number of carboxylic acids is 1. The Morgan fingerprint density at radius 1 is 1.10 bits per heavy atom. The largest absolute Gasteiger partial charge is 0.478 e. The van der Waals surface area contributed by atoms with Crippen molar-refractivity contribution in [1.29, 1.82) is 0 Å². The zero-order chi connectivity index (χ0) is 21.7. The molecule has 0 aromatic heterocycles. The number of carbonyl (C=O) groups is 2. The quantitative estimate of drug-likeness (QED) is 0.586. The predicted molar refractivity (Wildman–Crippen MR) is 122 cm³/mol. The van der Waals surface area contributed by atoms with Crippen molar-refractivity contribution in [2.45, 2.75) is 45.0 Å². The van der Waals surface area contributed by atoms with Gasteiger partial charge in [0.05, 0.1) is 6.54 Å². The third-order valence-corrected chi connectivity index (χ3v) is 7.66. The summed E-state index contributed by atoms with van der Waals surface area (Å²) in [5.41, 5.74) is 2.44. The van der Waals surface area contributed by atoms with Crippen LogP contribution in [0, 0.1) is 6.92 Å². The molecule has 1 aliphatic rings. The number of benzene rings is 2. The number of nitrogens with zero attached hydrogens (tertiary/aromatic N) is 1. The molecule has 1 atom stereocenters. The third kappa shape index (κ3) is 6.09. The summed E-state index contributed by atoms with van der Waals surface area (Å²) in [7, 11) is -0.603. The standard InChI is InChI=1S/C24H31NO4S/c1-18-6-8-20(9-7-18)16-30-17-25(15-22(30)26)14-4-5-19-10-12-21(13-11-19)29-24(2,3)23(27)28/h6-13,30H,4-5,14-17H2,1-3H3,(H,27,28). The Labute approximate surface area is 181 Å². The van der Waals surface area contributed by atoms with Gasteiger partial charge in [-0.15, -0.1) is 0 Å². The summed E-state index contributed by atoms with van der Waals surface area (Å²) in [6, 6.07) is 16.1. The first-order valence-corrected chi connectivity index (χ1v) is 12.0. The van der Waals surface area contributed by atoms with Crippen molar-refractivity contribution in [2.24, 2.45) is 0 Å². The van der Waals surface area contributed by atoms with Crippen molar-refractivity contribution in [3.05, 3.63) is 65.2 Å². The van der Waals surface area contributed by atoms with Crippen molar-refractivity contribution < 1.29 is 19.4 Å². The highest BCUT2D eigenvalue weighted by Gasteiger charge is 2.29. The van der Waals surface area contributed by atoms with Crippen LogP contribution in [-0.2, 0) is 21.8 Å². The molecule has 3 rings (SSSR count). The van der Waals surface area contributed by atoms with Crippen molar-refractivity contribution in [1.82, 2.24) is 4.90 Å². The van der Waals surface area contributed by atoms with Crippen LogP contribution in [0.5, 0.6) is 5.75 Å². The fourth-order valence-electron chi connectivity index (χ4n) is 3.43. The summed E-state index contributed by atoms with van der Waals surface area (Å²) in [5.74, 6) is 1.35. The first-order valence-electron chi connectivity index (χ1n) is 10.3. The van der Waals surface area contributed by atoms with Crippen LogP contribution in [-0.4, -0.2) is 45.7 Å². The SMILES string of the molecule is Cc1ccc(C[SH]2CN(CCCc3ccc(OC(C)(C)C(=O)O)cc3)CC2=O)cc1. The minimum absolute atomic E-state index is 0.410. The Morgan fingerprint density at radius 3 is 2.37 bits per heavy atom. The van der Waals surface area contributed by atoms with Gasteiger partial charge in [-0.05, 0) is 63.4 Å². The van der Waals surface area contributed by atoms with Crippen LogP contribution in [0.25, 0.3) is 0 Å². The van der Waals surface area contributed by atoms with Crippen molar-refractivity contribution >= 4 is 22.0 Å². The Balaban J connectivity index is 1.43. The number of carboxylic acid groups (broad SMARTS) is 1. The van der Waals surface area contributed by atoms with Gasteiger partial charge in [-0.25, -0.2) is 4.79 Å². The van der Waals surface area contributed by atoms with Crippen LogP contribution in [0.15, 0.2) is 48.5 Å². The van der Waals surface area contributed by atoms with Crippen molar-refractivity contribution in [2.75, 3.05) is 19.0 Å². The van der Waals surface area contributed by atoms with Crippen LogP contribution in [0.4, 0.5) is 0 Å². The van der Waals surface area contributed by atoms with E-state index in [1.54, 1.807) is 0 Å².